The summed E-state index contributed by atoms with van der Waals surface area (Å²) in [5, 5.41) is 0. The Labute approximate surface area is 249 Å². The van der Waals surface area contributed by atoms with Gasteiger partial charge in [-0.25, -0.2) is 0 Å². The Morgan fingerprint density at radius 2 is 0.750 bits per heavy atom. The Hall–Kier alpha value is -1.10. The SMILES string of the molecule is CCCCCCCCCCCCCCCOCCOCCOCCOc1ccc(CCCCCCCCC)cc1. The quantitative estimate of drug-likeness (QED) is 0.0818. The van der Waals surface area contributed by atoms with Gasteiger partial charge in [0.05, 0.1) is 33.0 Å². The molecule has 4 heteroatoms. The van der Waals surface area contributed by atoms with E-state index in [1.54, 1.807) is 0 Å². The van der Waals surface area contributed by atoms with E-state index in [-0.39, 0.29) is 0 Å². The van der Waals surface area contributed by atoms with Crippen molar-refractivity contribution in [3.63, 3.8) is 0 Å². The van der Waals surface area contributed by atoms with E-state index < -0.39 is 0 Å². The number of hydrogen-bond acceptors (Lipinski definition) is 4. The van der Waals surface area contributed by atoms with Gasteiger partial charge in [0.25, 0.3) is 0 Å². The van der Waals surface area contributed by atoms with Crippen LogP contribution in [-0.2, 0) is 20.6 Å². The predicted octanol–water partition coefficient (Wildman–Crippen LogP) is 10.5. The molecular weight excluding hydrogens is 496 g/mol. The second-order valence-electron chi connectivity index (χ2n) is 11.4. The van der Waals surface area contributed by atoms with Gasteiger partial charge in [0.2, 0.25) is 0 Å². The van der Waals surface area contributed by atoms with Crippen LogP contribution in [0.1, 0.15) is 148 Å². The van der Waals surface area contributed by atoms with Gasteiger partial charge in [-0.05, 0) is 37.0 Å². The molecule has 234 valence electrons. The van der Waals surface area contributed by atoms with Crippen molar-refractivity contribution in [3.8, 4) is 5.75 Å². The first-order chi connectivity index (χ1) is 19.9. The van der Waals surface area contributed by atoms with Gasteiger partial charge in [-0.15, -0.1) is 0 Å². The third kappa shape index (κ3) is 25.8. The number of aryl methyl sites for hydroxylation is 1. The highest BCUT2D eigenvalue weighted by Gasteiger charge is 1.99. The third-order valence-corrected chi connectivity index (χ3v) is 7.63. The van der Waals surface area contributed by atoms with Crippen LogP contribution >= 0.6 is 0 Å². The Morgan fingerprint density at radius 1 is 0.375 bits per heavy atom. The topological polar surface area (TPSA) is 36.9 Å². The van der Waals surface area contributed by atoms with Crippen molar-refractivity contribution in [3.05, 3.63) is 29.8 Å². The summed E-state index contributed by atoms with van der Waals surface area (Å²) in [7, 11) is 0. The van der Waals surface area contributed by atoms with E-state index in [1.807, 2.05) is 0 Å². The molecule has 0 aliphatic carbocycles. The molecule has 1 aromatic carbocycles. The number of hydrogen-bond donors (Lipinski definition) is 0. The zero-order valence-electron chi connectivity index (χ0n) is 26.7. The summed E-state index contributed by atoms with van der Waals surface area (Å²) in [6.45, 7) is 9.09. The van der Waals surface area contributed by atoms with Gasteiger partial charge in [-0.2, -0.15) is 0 Å². The molecule has 4 nitrogen and oxygen atoms in total. The maximum absolute atomic E-state index is 5.80. The predicted molar refractivity (Wildman–Crippen MR) is 172 cm³/mol. The Bertz CT molecular complexity index is 603. The van der Waals surface area contributed by atoms with Crippen molar-refractivity contribution in [1.29, 1.82) is 0 Å². The summed E-state index contributed by atoms with van der Waals surface area (Å²) in [6, 6.07) is 8.55. The van der Waals surface area contributed by atoms with Crippen LogP contribution in [0.4, 0.5) is 0 Å². The standard InChI is InChI=1S/C36H66O4/c1-3-5-7-9-11-12-13-14-15-16-18-20-22-28-37-29-30-38-31-32-39-33-34-40-36-26-24-35(25-27-36)23-21-19-17-10-8-6-4-2/h24-27H,3-23,28-34H2,1-2H3. The van der Waals surface area contributed by atoms with Crippen LogP contribution < -0.4 is 4.74 Å². The zero-order chi connectivity index (χ0) is 28.6. The van der Waals surface area contributed by atoms with Gasteiger partial charge < -0.3 is 18.9 Å². The molecule has 0 radical (unpaired) electrons. The number of unbranched alkanes of at least 4 members (excludes halogenated alkanes) is 18. The molecule has 1 rings (SSSR count). The fourth-order valence-electron chi connectivity index (χ4n) is 5.02. The summed E-state index contributed by atoms with van der Waals surface area (Å²) in [5.74, 6) is 0.920. The number of rotatable bonds is 32. The summed E-state index contributed by atoms with van der Waals surface area (Å²) < 4.78 is 22.7. The first-order valence-corrected chi connectivity index (χ1v) is 17.3. The minimum atomic E-state index is 0.569. The molecule has 0 saturated heterocycles. The molecule has 0 bridgehead atoms. The molecule has 0 unspecified atom stereocenters. The summed E-state index contributed by atoms with van der Waals surface area (Å²) in [5.41, 5.74) is 1.41. The van der Waals surface area contributed by atoms with Crippen LogP contribution in [0.5, 0.6) is 5.75 Å². The van der Waals surface area contributed by atoms with Crippen LogP contribution in [0, 0.1) is 0 Å². The maximum atomic E-state index is 5.80. The van der Waals surface area contributed by atoms with E-state index in [4.69, 9.17) is 18.9 Å². The highest BCUT2D eigenvalue weighted by Crippen LogP contribution is 2.16. The van der Waals surface area contributed by atoms with Crippen molar-refractivity contribution in [2.45, 2.75) is 149 Å². The minimum Gasteiger partial charge on any atom is -0.491 e. The lowest BCUT2D eigenvalue weighted by Gasteiger charge is -2.09. The van der Waals surface area contributed by atoms with Gasteiger partial charge in [-0.1, -0.05) is 142 Å². The van der Waals surface area contributed by atoms with Crippen LogP contribution in [0.3, 0.4) is 0 Å². The van der Waals surface area contributed by atoms with Gasteiger partial charge in [0, 0.05) is 6.61 Å². The van der Waals surface area contributed by atoms with Crippen LogP contribution in [-0.4, -0.2) is 46.2 Å². The average Bonchev–Trinajstić information content (AvgIpc) is 2.98. The highest BCUT2D eigenvalue weighted by atomic mass is 16.6. The third-order valence-electron chi connectivity index (χ3n) is 7.63. The molecule has 0 aliphatic rings. The molecule has 0 atom stereocenters. The minimum absolute atomic E-state index is 0.569. The van der Waals surface area contributed by atoms with E-state index in [9.17, 15) is 0 Å². The summed E-state index contributed by atoms with van der Waals surface area (Å²) >= 11 is 0. The Balaban J connectivity index is 1.76. The van der Waals surface area contributed by atoms with Crippen molar-refractivity contribution < 1.29 is 18.9 Å². The molecule has 0 aromatic heterocycles. The van der Waals surface area contributed by atoms with E-state index >= 15 is 0 Å². The van der Waals surface area contributed by atoms with Crippen LogP contribution in [0.2, 0.25) is 0 Å². The lowest BCUT2D eigenvalue weighted by Crippen LogP contribution is -2.13. The first kappa shape index (κ1) is 36.9. The van der Waals surface area contributed by atoms with E-state index in [2.05, 4.69) is 38.1 Å². The van der Waals surface area contributed by atoms with Crippen molar-refractivity contribution in [2.75, 3.05) is 46.2 Å². The van der Waals surface area contributed by atoms with Gasteiger partial charge >= 0.3 is 0 Å². The molecule has 0 spiro atoms. The Kier molecular flexibility index (Phi) is 28.5. The maximum Gasteiger partial charge on any atom is 0.119 e. The Morgan fingerprint density at radius 3 is 1.23 bits per heavy atom. The number of ether oxygens (including phenoxy) is 4. The summed E-state index contributed by atoms with van der Waals surface area (Å²) in [4.78, 5) is 0. The van der Waals surface area contributed by atoms with Crippen LogP contribution in [0.25, 0.3) is 0 Å². The molecule has 0 heterocycles. The smallest absolute Gasteiger partial charge is 0.119 e. The fraction of sp³-hybridized carbons (Fsp3) is 0.833. The lowest BCUT2D eigenvalue weighted by molar-refractivity contribution is 0.00878. The molecule has 0 fully saturated rings. The van der Waals surface area contributed by atoms with E-state index in [0.717, 1.165) is 12.4 Å². The molecule has 40 heavy (non-hydrogen) atoms. The van der Waals surface area contributed by atoms with Crippen molar-refractivity contribution in [2.24, 2.45) is 0 Å². The van der Waals surface area contributed by atoms with E-state index in [1.165, 1.54) is 140 Å². The average molecular weight is 563 g/mol. The lowest BCUT2D eigenvalue weighted by atomic mass is 10.0. The normalized spacial score (nSPS) is 11.3. The largest absolute Gasteiger partial charge is 0.491 e. The molecule has 1 aromatic rings. The molecular formula is C36H66O4. The molecule has 0 N–H and O–H groups in total. The van der Waals surface area contributed by atoms with Gasteiger partial charge in [-0.3, -0.25) is 0 Å². The monoisotopic (exact) mass is 562 g/mol. The highest BCUT2D eigenvalue weighted by molar-refractivity contribution is 5.27. The van der Waals surface area contributed by atoms with Crippen LogP contribution in [0.15, 0.2) is 24.3 Å². The number of benzene rings is 1. The van der Waals surface area contributed by atoms with Crippen molar-refractivity contribution >= 4 is 0 Å². The van der Waals surface area contributed by atoms with E-state index in [0.29, 0.717) is 39.6 Å². The summed E-state index contributed by atoms with van der Waals surface area (Å²) in [6.07, 6.45) is 28.6. The fourth-order valence-corrected chi connectivity index (χ4v) is 5.02. The van der Waals surface area contributed by atoms with Crippen molar-refractivity contribution in [1.82, 2.24) is 0 Å². The second-order valence-corrected chi connectivity index (χ2v) is 11.4. The van der Waals surface area contributed by atoms with Gasteiger partial charge in [0.15, 0.2) is 0 Å². The molecule has 0 amide bonds. The zero-order valence-corrected chi connectivity index (χ0v) is 26.7. The second kappa shape index (κ2) is 30.8. The molecule has 0 aliphatic heterocycles. The first-order valence-electron chi connectivity index (χ1n) is 17.3. The molecule has 0 saturated carbocycles. The van der Waals surface area contributed by atoms with Gasteiger partial charge in [0.1, 0.15) is 12.4 Å².